The van der Waals surface area contributed by atoms with Gasteiger partial charge < -0.3 is 14.2 Å². The van der Waals surface area contributed by atoms with Crippen LogP contribution in [0.1, 0.15) is 11.6 Å². The third kappa shape index (κ3) is 3.85. The van der Waals surface area contributed by atoms with Gasteiger partial charge in [-0.3, -0.25) is 0 Å². The van der Waals surface area contributed by atoms with Gasteiger partial charge in [-0.25, -0.2) is 13.1 Å². The number of rotatable bonds is 7. The summed E-state index contributed by atoms with van der Waals surface area (Å²) in [5, 5.41) is 1.12. The number of ether oxygens (including phenoxy) is 1. The number of likely N-dealkylation sites (N-methyl/N-ethyl adjacent to an activating group) is 1. The standard InChI is InChI=1S/C20H25N3O3S/c1-22(2)18(16-14-23(3)17-10-6-5-9-15(16)17)13-21-27(24,25)20-12-8-7-11-19(20)26-4/h5-12,14,18,21H,13H2,1-4H3. The van der Waals surface area contributed by atoms with Crippen molar-refractivity contribution in [1.29, 1.82) is 0 Å². The Balaban J connectivity index is 1.91. The number of benzene rings is 2. The molecular weight excluding hydrogens is 362 g/mol. The Morgan fingerprint density at radius 3 is 2.48 bits per heavy atom. The third-order valence-electron chi connectivity index (χ3n) is 4.74. The minimum atomic E-state index is -3.69. The maximum atomic E-state index is 12.8. The Hall–Kier alpha value is -2.35. The molecular formula is C20H25N3O3S. The molecule has 3 aromatic rings. The van der Waals surface area contributed by atoms with Crippen LogP contribution in [0.5, 0.6) is 5.75 Å². The highest BCUT2D eigenvalue weighted by Crippen LogP contribution is 2.29. The summed E-state index contributed by atoms with van der Waals surface area (Å²) in [6.45, 7) is 0.251. The van der Waals surface area contributed by atoms with E-state index in [-0.39, 0.29) is 17.5 Å². The highest BCUT2D eigenvalue weighted by molar-refractivity contribution is 7.89. The van der Waals surface area contributed by atoms with E-state index in [0.717, 1.165) is 16.5 Å². The zero-order valence-electron chi connectivity index (χ0n) is 16.0. The summed E-state index contributed by atoms with van der Waals surface area (Å²) < 4.78 is 35.7. The van der Waals surface area contributed by atoms with Crippen molar-refractivity contribution in [3.8, 4) is 5.75 Å². The van der Waals surface area contributed by atoms with Gasteiger partial charge in [-0.15, -0.1) is 0 Å². The van der Waals surface area contributed by atoms with E-state index in [4.69, 9.17) is 4.74 Å². The van der Waals surface area contributed by atoms with E-state index in [1.165, 1.54) is 7.11 Å². The molecule has 1 heterocycles. The van der Waals surface area contributed by atoms with Crippen molar-refractivity contribution in [2.45, 2.75) is 10.9 Å². The Morgan fingerprint density at radius 2 is 1.78 bits per heavy atom. The van der Waals surface area contributed by atoms with Crippen LogP contribution in [0.25, 0.3) is 10.9 Å². The SMILES string of the molecule is COc1ccccc1S(=O)(=O)NCC(c1cn(C)c2ccccc12)N(C)C. The second-order valence-corrected chi connectivity index (χ2v) is 8.43. The van der Waals surface area contributed by atoms with E-state index < -0.39 is 10.0 Å². The van der Waals surface area contributed by atoms with Gasteiger partial charge in [0.05, 0.1) is 7.11 Å². The smallest absolute Gasteiger partial charge is 0.244 e. The Kier molecular flexibility index (Phi) is 5.55. The molecule has 1 N–H and O–H groups in total. The highest BCUT2D eigenvalue weighted by Gasteiger charge is 2.24. The molecule has 0 aliphatic carbocycles. The summed E-state index contributed by atoms with van der Waals surface area (Å²) in [5.41, 5.74) is 2.20. The molecule has 144 valence electrons. The molecule has 0 spiro atoms. The summed E-state index contributed by atoms with van der Waals surface area (Å²) in [5.74, 6) is 0.330. The van der Waals surface area contributed by atoms with Gasteiger partial charge in [0.25, 0.3) is 0 Å². The molecule has 1 aromatic heterocycles. The van der Waals surface area contributed by atoms with Gasteiger partial charge in [0.2, 0.25) is 10.0 Å². The molecule has 1 atom stereocenters. The van der Waals surface area contributed by atoms with E-state index >= 15 is 0 Å². The van der Waals surface area contributed by atoms with Crippen molar-refractivity contribution in [1.82, 2.24) is 14.2 Å². The number of fused-ring (bicyclic) bond motifs is 1. The van der Waals surface area contributed by atoms with Crippen LogP contribution in [0, 0.1) is 0 Å². The van der Waals surface area contributed by atoms with Crippen molar-refractivity contribution < 1.29 is 13.2 Å². The summed E-state index contributed by atoms with van der Waals surface area (Å²) in [6, 6.07) is 14.6. The molecule has 0 radical (unpaired) electrons. The predicted molar refractivity (Wildman–Crippen MR) is 108 cm³/mol. The number of methoxy groups -OCH3 is 1. The Morgan fingerprint density at radius 1 is 1.11 bits per heavy atom. The molecule has 0 fully saturated rings. The molecule has 0 bridgehead atoms. The fraction of sp³-hybridized carbons (Fsp3) is 0.300. The number of para-hydroxylation sites is 2. The zero-order chi connectivity index (χ0) is 19.6. The lowest BCUT2D eigenvalue weighted by atomic mass is 10.1. The molecule has 6 nitrogen and oxygen atoms in total. The zero-order valence-corrected chi connectivity index (χ0v) is 16.8. The Labute approximate surface area is 160 Å². The average Bonchev–Trinajstić information content (AvgIpc) is 2.98. The first-order valence-corrected chi connectivity index (χ1v) is 10.2. The Bertz CT molecular complexity index is 1040. The highest BCUT2D eigenvalue weighted by atomic mass is 32.2. The first-order valence-electron chi connectivity index (χ1n) is 8.68. The maximum Gasteiger partial charge on any atom is 0.244 e. The quantitative estimate of drug-likeness (QED) is 0.677. The summed E-state index contributed by atoms with van der Waals surface area (Å²) >= 11 is 0. The molecule has 0 saturated carbocycles. The van der Waals surface area contributed by atoms with Gasteiger partial charge in [0.1, 0.15) is 10.6 Å². The van der Waals surface area contributed by atoms with Gasteiger partial charge in [0, 0.05) is 36.7 Å². The van der Waals surface area contributed by atoms with Crippen LogP contribution in [0.2, 0.25) is 0 Å². The van der Waals surface area contributed by atoms with Crippen LogP contribution in [-0.4, -0.2) is 45.6 Å². The molecule has 0 aliphatic heterocycles. The first kappa shape index (κ1) is 19.4. The van der Waals surface area contributed by atoms with Gasteiger partial charge in [-0.1, -0.05) is 30.3 Å². The second kappa shape index (κ2) is 7.72. The third-order valence-corrected chi connectivity index (χ3v) is 6.20. The predicted octanol–water partition coefficient (Wildman–Crippen LogP) is 2.77. The number of sulfonamides is 1. The lowest BCUT2D eigenvalue weighted by Gasteiger charge is -2.24. The number of nitrogens with one attached hydrogen (secondary N) is 1. The minimum Gasteiger partial charge on any atom is -0.495 e. The summed E-state index contributed by atoms with van der Waals surface area (Å²) in [7, 11) is 3.66. The van der Waals surface area contributed by atoms with Gasteiger partial charge in [-0.2, -0.15) is 0 Å². The van der Waals surface area contributed by atoms with Gasteiger partial charge in [0.15, 0.2) is 0 Å². The maximum absolute atomic E-state index is 12.8. The lowest BCUT2D eigenvalue weighted by Crippen LogP contribution is -2.34. The molecule has 0 aliphatic rings. The first-order chi connectivity index (χ1) is 12.8. The van der Waals surface area contributed by atoms with E-state index in [9.17, 15) is 8.42 Å². The number of aromatic nitrogens is 1. The lowest BCUT2D eigenvalue weighted by molar-refractivity contribution is 0.300. The molecule has 3 rings (SSSR count). The second-order valence-electron chi connectivity index (χ2n) is 6.69. The van der Waals surface area contributed by atoms with E-state index in [2.05, 4.69) is 27.6 Å². The molecule has 0 saturated heterocycles. The van der Waals surface area contributed by atoms with Crippen molar-refractivity contribution in [3.63, 3.8) is 0 Å². The molecule has 27 heavy (non-hydrogen) atoms. The largest absolute Gasteiger partial charge is 0.495 e. The summed E-state index contributed by atoms with van der Waals surface area (Å²) in [4.78, 5) is 2.16. The molecule has 0 amide bonds. The van der Waals surface area contributed by atoms with Crippen LogP contribution in [0.15, 0.2) is 59.6 Å². The van der Waals surface area contributed by atoms with E-state index in [1.54, 1.807) is 24.3 Å². The van der Waals surface area contributed by atoms with Crippen LogP contribution < -0.4 is 9.46 Å². The van der Waals surface area contributed by atoms with Crippen LogP contribution >= 0.6 is 0 Å². The van der Waals surface area contributed by atoms with Crippen molar-refractivity contribution in [2.24, 2.45) is 7.05 Å². The molecule has 1 unspecified atom stereocenters. The normalized spacial score (nSPS) is 13.2. The summed E-state index contributed by atoms with van der Waals surface area (Å²) in [6.07, 6.45) is 2.06. The van der Waals surface area contributed by atoms with Gasteiger partial charge in [-0.05, 0) is 37.9 Å². The number of nitrogens with zero attached hydrogens (tertiary/aromatic N) is 2. The fourth-order valence-electron chi connectivity index (χ4n) is 3.32. The van der Waals surface area contributed by atoms with Crippen LogP contribution in [0.4, 0.5) is 0 Å². The van der Waals surface area contributed by atoms with Crippen molar-refractivity contribution in [3.05, 3.63) is 60.3 Å². The fourth-order valence-corrected chi connectivity index (χ4v) is 4.52. The van der Waals surface area contributed by atoms with Crippen molar-refractivity contribution >= 4 is 20.9 Å². The molecule has 7 heteroatoms. The number of aryl methyl sites for hydroxylation is 1. The van der Waals surface area contributed by atoms with Gasteiger partial charge >= 0.3 is 0 Å². The molecule has 2 aromatic carbocycles. The minimum absolute atomic E-state index is 0.111. The van der Waals surface area contributed by atoms with Crippen LogP contribution in [-0.2, 0) is 17.1 Å². The number of hydrogen-bond acceptors (Lipinski definition) is 4. The monoisotopic (exact) mass is 387 g/mol. The average molecular weight is 388 g/mol. The van der Waals surface area contributed by atoms with E-state index in [0.29, 0.717) is 5.75 Å². The number of hydrogen-bond donors (Lipinski definition) is 1. The van der Waals surface area contributed by atoms with Crippen LogP contribution in [0.3, 0.4) is 0 Å². The topological polar surface area (TPSA) is 63.6 Å². The van der Waals surface area contributed by atoms with E-state index in [1.807, 2.05) is 38.2 Å². The van der Waals surface area contributed by atoms with Crippen molar-refractivity contribution in [2.75, 3.05) is 27.7 Å².